The van der Waals surface area contributed by atoms with Crippen molar-refractivity contribution in [2.75, 3.05) is 0 Å². The van der Waals surface area contributed by atoms with Gasteiger partial charge in [-0.15, -0.1) is 0 Å². The molecule has 1 aliphatic carbocycles. The van der Waals surface area contributed by atoms with Gasteiger partial charge in [0.2, 0.25) is 0 Å². The molecule has 2 N–H and O–H groups in total. The molecule has 1 rings (SSSR count). The van der Waals surface area contributed by atoms with Crippen LogP contribution in [0, 0.1) is 11.3 Å². The molecule has 0 amide bonds. The van der Waals surface area contributed by atoms with E-state index in [1.54, 1.807) is 0 Å². The van der Waals surface area contributed by atoms with Crippen molar-refractivity contribution in [3.8, 4) is 0 Å². The van der Waals surface area contributed by atoms with Crippen molar-refractivity contribution >= 4 is 0 Å². The van der Waals surface area contributed by atoms with Crippen LogP contribution >= 0.6 is 0 Å². The minimum atomic E-state index is 0.283. The lowest BCUT2D eigenvalue weighted by molar-refractivity contribution is 0.267. The summed E-state index contributed by atoms with van der Waals surface area (Å²) >= 11 is 0. The van der Waals surface area contributed by atoms with Gasteiger partial charge in [-0.05, 0) is 31.1 Å². The fraction of sp³-hybridized carbons (Fsp3) is 0.818. The molecule has 2 unspecified atom stereocenters. The van der Waals surface area contributed by atoms with E-state index in [9.17, 15) is 0 Å². The fourth-order valence-corrected chi connectivity index (χ4v) is 2.18. The lowest BCUT2D eigenvalue weighted by atomic mass is 9.79. The van der Waals surface area contributed by atoms with E-state index in [2.05, 4.69) is 33.8 Å². The highest BCUT2D eigenvalue weighted by molar-refractivity contribution is 5.09. The highest BCUT2D eigenvalue weighted by Crippen LogP contribution is 2.34. The number of hydrogen-bond donors (Lipinski definition) is 1. The molecule has 0 fully saturated rings. The smallest absolute Gasteiger partial charge is 0.00988 e. The first-order valence-corrected chi connectivity index (χ1v) is 4.84. The first-order chi connectivity index (χ1) is 5.42. The van der Waals surface area contributed by atoms with Crippen molar-refractivity contribution in [3.05, 3.63) is 11.6 Å². The minimum Gasteiger partial charge on any atom is -0.327 e. The topological polar surface area (TPSA) is 26.0 Å². The maximum atomic E-state index is 6.13. The summed E-state index contributed by atoms with van der Waals surface area (Å²) in [5, 5.41) is 0. The molecule has 0 aromatic rings. The average molecular weight is 167 g/mol. The summed E-state index contributed by atoms with van der Waals surface area (Å²) < 4.78 is 0. The molecule has 0 spiro atoms. The molecule has 0 aromatic heterocycles. The maximum Gasteiger partial charge on any atom is 0.00988 e. The second kappa shape index (κ2) is 3.21. The van der Waals surface area contributed by atoms with E-state index in [4.69, 9.17) is 5.73 Å². The highest BCUT2D eigenvalue weighted by Gasteiger charge is 2.29. The molecule has 1 heteroatoms. The van der Waals surface area contributed by atoms with Crippen molar-refractivity contribution in [1.29, 1.82) is 0 Å². The normalized spacial score (nSPS) is 35.6. The van der Waals surface area contributed by atoms with Crippen LogP contribution < -0.4 is 5.73 Å². The van der Waals surface area contributed by atoms with Crippen LogP contribution in [0.15, 0.2) is 11.6 Å². The van der Waals surface area contributed by atoms with E-state index in [0.29, 0.717) is 12.0 Å². The Bertz CT molecular complexity index is 191. The van der Waals surface area contributed by atoms with Gasteiger partial charge in [-0.3, -0.25) is 0 Å². The van der Waals surface area contributed by atoms with Crippen LogP contribution in [0.1, 0.15) is 40.5 Å². The van der Waals surface area contributed by atoms with Crippen molar-refractivity contribution in [2.45, 2.75) is 46.6 Å². The van der Waals surface area contributed by atoms with Gasteiger partial charge in [-0.25, -0.2) is 0 Å². The molecule has 1 nitrogen and oxygen atoms in total. The SMILES string of the molecule is CC1=CC(C)CC(N)C(C)(C)C1. The summed E-state index contributed by atoms with van der Waals surface area (Å²) in [5.41, 5.74) is 7.92. The predicted octanol–water partition coefficient (Wildman–Crippen LogP) is 2.72. The second-order valence-electron chi connectivity index (χ2n) is 5.00. The Labute approximate surface area is 76.0 Å². The summed E-state index contributed by atoms with van der Waals surface area (Å²) in [6, 6.07) is 0.348. The predicted molar refractivity (Wildman–Crippen MR) is 53.9 cm³/mol. The lowest BCUT2D eigenvalue weighted by Gasteiger charge is -2.30. The van der Waals surface area contributed by atoms with Crippen molar-refractivity contribution in [3.63, 3.8) is 0 Å². The van der Waals surface area contributed by atoms with Crippen molar-refractivity contribution in [2.24, 2.45) is 17.1 Å². The number of nitrogens with two attached hydrogens (primary N) is 1. The summed E-state index contributed by atoms with van der Waals surface area (Å²) in [6.45, 7) is 9.02. The van der Waals surface area contributed by atoms with E-state index in [1.165, 1.54) is 5.57 Å². The third kappa shape index (κ3) is 2.10. The molecule has 0 radical (unpaired) electrons. The summed E-state index contributed by atoms with van der Waals surface area (Å²) in [4.78, 5) is 0. The van der Waals surface area contributed by atoms with Gasteiger partial charge in [0.05, 0.1) is 0 Å². The maximum absolute atomic E-state index is 6.13. The minimum absolute atomic E-state index is 0.283. The van der Waals surface area contributed by atoms with Crippen LogP contribution in [0.2, 0.25) is 0 Å². The van der Waals surface area contributed by atoms with E-state index in [0.717, 1.165) is 12.8 Å². The van der Waals surface area contributed by atoms with E-state index >= 15 is 0 Å². The largest absolute Gasteiger partial charge is 0.327 e. The van der Waals surface area contributed by atoms with E-state index < -0.39 is 0 Å². The van der Waals surface area contributed by atoms with Gasteiger partial charge >= 0.3 is 0 Å². The first-order valence-electron chi connectivity index (χ1n) is 4.84. The van der Waals surface area contributed by atoms with Crippen LogP contribution in [0.25, 0.3) is 0 Å². The molecule has 0 aromatic carbocycles. The quantitative estimate of drug-likeness (QED) is 0.552. The molecule has 0 bridgehead atoms. The van der Waals surface area contributed by atoms with Gasteiger partial charge in [0.15, 0.2) is 0 Å². The van der Waals surface area contributed by atoms with Crippen LogP contribution in [0.3, 0.4) is 0 Å². The summed E-state index contributed by atoms with van der Waals surface area (Å²) in [5.74, 6) is 0.654. The van der Waals surface area contributed by atoms with Gasteiger partial charge < -0.3 is 5.73 Å². The van der Waals surface area contributed by atoms with Gasteiger partial charge in [0.25, 0.3) is 0 Å². The van der Waals surface area contributed by atoms with Gasteiger partial charge in [0, 0.05) is 6.04 Å². The number of allylic oxidation sites excluding steroid dienone is 2. The Morgan fingerprint density at radius 3 is 2.67 bits per heavy atom. The average Bonchev–Trinajstić information content (AvgIpc) is 1.89. The van der Waals surface area contributed by atoms with Crippen molar-refractivity contribution in [1.82, 2.24) is 0 Å². The van der Waals surface area contributed by atoms with E-state index in [1.807, 2.05) is 0 Å². The Morgan fingerprint density at radius 1 is 1.50 bits per heavy atom. The Hall–Kier alpha value is -0.300. The van der Waals surface area contributed by atoms with Crippen molar-refractivity contribution < 1.29 is 0 Å². The summed E-state index contributed by atoms with van der Waals surface area (Å²) in [7, 11) is 0. The molecule has 0 heterocycles. The molecule has 12 heavy (non-hydrogen) atoms. The monoisotopic (exact) mass is 167 g/mol. The first kappa shape index (κ1) is 9.79. The molecule has 70 valence electrons. The molecular weight excluding hydrogens is 146 g/mol. The zero-order valence-corrected chi connectivity index (χ0v) is 8.72. The number of rotatable bonds is 0. The lowest BCUT2D eigenvalue weighted by Crippen LogP contribution is -2.37. The zero-order valence-electron chi connectivity index (χ0n) is 8.72. The Kier molecular flexibility index (Phi) is 2.62. The van der Waals surface area contributed by atoms with E-state index in [-0.39, 0.29) is 5.41 Å². The standard InChI is InChI=1S/C11H21N/c1-8-5-9(2)7-11(3,4)10(12)6-8/h5,8,10H,6-7,12H2,1-4H3. The molecule has 0 saturated carbocycles. The molecular formula is C11H21N. The Morgan fingerprint density at radius 2 is 2.08 bits per heavy atom. The second-order valence-corrected chi connectivity index (χ2v) is 5.00. The molecule has 1 aliphatic rings. The van der Waals surface area contributed by atoms with Crippen LogP contribution in [0.5, 0.6) is 0 Å². The van der Waals surface area contributed by atoms with Gasteiger partial charge in [-0.1, -0.05) is 32.4 Å². The fourth-order valence-electron chi connectivity index (χ4n) is 2.18. The van der Waals surface area contributed by atoms with Crippen LogP contribution in [0.4, 0.5) is 0 Å². The van der Waals surface area contributed by atoms with Gasteiger partial charge in [0.1, 0.15) is 0 Å². The zero-order chi connectivity index (χ0) is 9.35. The summed E-state index contributed by atoms with van der Waals surface area (Å²) in [6.07, 6.45) is 4.65. The number of hydrogen-bond acceptors (Lipinski definition) is 1. The van der Waals surface area contributed by atoms with Crippen LogP contribution in [-0.2, 0) is 0 Å². The highest BCUT2D eigenvalue weighted by atomic mass is 14.7. The molecule has 2 atom stereocenters. The van der Waals surface area contributed by atoms with Crippen LogP contribution in [-0.4, -0.2) is 6.04 Å². The third-order valence-corrected chi connectivity index (χ3v) is 2.93. The van der Waals surface area contributed by atoms with Gasteiger partial charge in [-0.2, -0.15) is 0 Å². The molecule has 0 aliphatic heterocycles. The third-order valence-electron chi connectivity index (χ3n) is 2.93. The molecule has 0 saturated heterocycles. The Balaban J connectivity index is 2.80.